The molecule has 31 heavy (non-hydrogen) atoms. The van der Waals surface area contributed by atoms with E-state index in [2.05, 4.69) is 41.1 Å². The number of likely N-dealkylation sites (N-methyl/N-ethyl adjacent to an activating group) is 1. The molecule has 5 nitrogen and oxygen atoms in total. The van der Waals surface area contributed by atoms with E-state index in [1.54, 1.807) is 7.05 Å². The van der Waals surface area contributed by atoms with Crippen molar-refractivity contribution in [2.24, 2.45) is 0 Å². The Morgan fingerprint density at radius 3 is 2.29 bits per heavy atom. The van der Waals surface area contributed by atoms with E-state index in [4.69, 9.17) is 0 Å². The molecule has 162 valence electrons. The average Bonchev–Trinajstić information content (AvgIpc) is 3.06. The Labute approximate surface area is 184 Å². The van der Waals surface area contributed by atoms with Crippen LogP contribution in [0.1, 0.15) is 43.2 Å². The van der Waals surface area contributed by atoms with Gasteiger partial charge in [0.2, 0.25) is 0 Å². The molecule has 1 aromatic heterocycles. The number of hydrogen-bond donors (Lipinski definition) is 1. The van der Waals surface area contributed by atoms with Gasteiger partial charge in [-0.3, -0.25) is 14.5 Å². The van der Waals surface area contributed by atoms with E-state index in [0.717, 1.165) is 35.5 Å². The second kappa shape index (κ2) is 10.2. The zero-order chi connectivity index (χ0) is 22.4. The number of nitrogens with one attached hydrogen (secondary N) is 1. The van der Waals surface area contributed by atoms with E-state index < -0.39 is 0 Å². The maximum Gasteiger partial charge on any atom is 0.251 e. The Morgan fingerprint density at radius 2 is 1.65 bits per heavy atom. The number of nitrogens with zero attached hydrogens (tertiary/aromatic N) is 2. The van der Waals surface area contributed by atoms with Crippen molar-refractivity contribution in [3.63, 3.8) is 0 Å². The molecule has 1 amide bonds. The van der Waals surface area contributed by atoms with Crippen LogP contribution in [0, 0.1) is 13.8 Å². The lowest BCUT2D eigenvalue weighted by molar-refractivity contribution is 0.0940. The van der Waals surface area contributed by atoms with Gasteiger partial charge >= 0.3 is 0 Å². The predicted molar refractivity (Wildman–Crippen MR) is 125 cm³/mol. The first-order valence-corrected chi connectivity index (χ1v) is 10.6. The maximum absolute atomic E-state index is 13.0. The molecule has 0 fully saturated rings. The maximum atomic E-state index is 13.0. The minimum Gasteiger partial charge on any atom is -0.355 e. The van der Waals surface area contributed by atoms with Crippen molar-refractivity contribution in [2.45, 2.75) is 33.4 Å². The fourth-order valence-corrected chi connectivity index (χ4v) is 3.92. The summed E-state index contributed by atoms with van der Waals surface area (Å²) in [6, 6.07) is 19.9. The quantitative estimate of drug-likeness (QED) is 0.535. The number of aryl methyl sites for hydroxylation is 2. The zero-order valence-electron chi connectivity index (χ0n) is 18.8. The summed E-state index contributed by atoms with van der Waals surface area (Å²) in [4.78, 5) is 26.7. The van der Waals surface area contributed by atoms with Gasteiger partial charge in [0.15, 0.2) is 5.78 Å². The van der Waals surface area contributed by atoms with Crippen molar-refractivity contribution in [1.82, 2.24) is 14.8 Å². The molecule has 0 bridgehead atoms. The van der Waals surface area contributed by atoms with Crippen LogP contribution in [-0.2, 0) is 19.5 Å². The highest BCUT2D eigenvalue weighted by Crippen LogP contribution is 2.18. The Balaban J connectivity index is 1.61. The summed E-state index contributed by atoms with van der Waals surface area (Å²) in [5.74, 6) is 0.0289. The fraction of sp³-hybridized carbons (Fsp3) is 0.308. The highest BCUT2D eigenvalue weighted by molar-refractivity contribution is 5.99. The third-order valence-corrected chi connectivity index (χ3v) is 5.65. The van der Waals surface area contributed by atoms with Crippen LogP contribution >= 0.6 is 0 Å². The van der Waals surface area contributed by atoms with Gasteiger partial charge in [-0.05, 0) is 56.6 Å². The standard InChI is InChI=1S/C26H31N3O2/c1-19-16-24(20(2)29(19)15-14-21-8-6-5-7-9-21)25(30)18-28(4)17-22-10-12-23(13-11-22)26(31)27-3/h5-13,16H,14-15,17-18H2,1-4H3,(H,27,31). The van der Waals surface area contributed by atoms with E-state index in [0.29, 0.717) is 18.7 Å². The summed E-state index contributed by atoms with van der Waals surface area (Å²) in [5.41, 5.74) is 5.94. The Kier molecular flexibility index (Phi) is 7.42. The highest BCUT2D eigenvalue weighted by atomic mass is 16.1. The molecule has 0 atom stereocenters. The minimum atomic E-state index is -0.0993. The molecule has 0 radical (unpaired) electrons. The summed E-state index contributed by atoms with van der Waals surface area (Å²) < 4.78 is 2.23. The van der Waals surface area contributed by atoms with E-state index >= 15 is 0 Å². The van der Waals surface area contributed by atoms with Crippen LogP contribution in [0.2, 0.25) is 0 Å². The second-order valence-corrected chi connectivity index (χ2v) is 8.04. The van der Waals surface area contributed by atoms with Crippen molar-refractivity contribution < 1.29 is 9.59 Å². The van der Waals surface area contributed by atoms with Crippen LogP contribution in [0.25, 0.3) is 0 Å². The first kappa shape index (κ1) is 22.5. The molecule has 0 aliphatic rings. The van der Waals surface area contributed by atoms with E-state index in [-0.39, 0.29) is 11.7 Å². The number of benzene rings is 2. The number of hydrogen-bond acceptors (Lipinski definition) is 3. The third kappa shape index (κ3) is 5.70. The number of aromatic nitrogens is 1. The summed E-state index contributed by atoms with van der Waals surface area (Å²) in [7, 11) is 3.56. The van der Waals surface area contributed by atoms with E-state index in [1.807, 2.05) is 55.3 Å². The van der Waals surface area contributed by atoms with Crippen LogP contribution in [0.3, 0.4) is 0 Å². The first-order valence-electron chi connectivity index (χ1n) is 10.6. The van der Waals surface area contributed by atoms with E-state index in [1.165, 1.54) is 5.56 Å². The lowest BCUT2D eigenvalue weighted by Crippen LogP contribution is -2.26. The Bertz CT molecular complexity index is 1040. The molecular weight excluding hydrogens is 386 g/mol. The van der Waals surface area contributed by atoms with Gasteiger partial charge in [0.25, 0.3) is 5.91 Å². The van der Waals surface area contributed by atoms with Crippen LogP contribution in [0.15, 0.2) is 60.7 Å². The molecule has 2 aromatic carbocycles. The van der Waals surface area contributed by atoms with Gasteiger partial charge in [0, 0.05) is 42.7 Å². The first-order chi connectivity index (χ1) is 14.9. The molecule has 0 aliphatic carbocycles. The molecular formula is C26H31N3O2. The monoisotopic (exact) mass is 417 g/mol. The molecule has 0 saturated carbocycles. The minimum absolute atomic E-state index is 0.0993. The highest BCUT2D eigenvalue weighted by Gasteiger charge is 2.17. The lowest BCUT2D eigenvalue weighted by Gasteiger charge is -2.16. The molecule has 1 heterocycles. The largest absolute Gasteiger partial charge is 0.355 e. The molecule has 0 saturated heterocycles. The van der Waals surface area contributed by atoms with E-state index in [9.17, 15) is 9.59 Å². The van der Waals surface area contributed by atoms with Gasteiger partial charge in [-0.1, -0.05) is 42.5 Å². The fourth-order valence-electron chi connectivity index (χ4n) is 3.92. The zero-order valence-corrected chi connectivity index (χ0v) is 18.8. The molecule has 0 aliphatic heterocycles. The van der Waals surface area contributed by atoms with Crippen molar-refractivity contribution in [1.29, 1.82) is 0 Å². The topological polar surface area (TPSA) is 54.3 Å². The molecule has 1 N–H and O–H groups in total. The number of rotatable bonds is 9. The number of ketones is 1. The summed E-state index contributed by atoms with van der Waals surface area (Å²) >= 11 is 0. The second-order valence-electron chi connectivity index (χ2n) is 8.04. The summed E-state index contributed by atoms with van der Waals surface area (Å²) in [6.45, 7) is 5.95. The van der Waals surface area contributed by atoms with Gasteiger partial charge in [0.1, 0.15) is 0 Å². The van der Waals surface area contributed by atoms with Crippen LogP contribution in [0.4, 0.5) is 0 Å². The van der Waals surface area contributed by atoms with Crippen molar-refractivity contribution in [3.8, 4) is 0 Å². The third-order valence-electron chi connectivity index (χ3n) is 5.65. The smallest absolute Gasteiger partial charge is 0.251 e. The normalized spacial score (nSPS) is 11.0. The van der Waals surface area contributed by atoms with Gasteiger partial charge in [-0.15, -0.1) is 0 Å². The lowest BCUT2D eigenvalue weighted by atomic mass is 10.1. The van der Waals surface area contributed by atoms with Crippen LogP contribution in [-0.4, -0.2) is 41.8 Å². The number of carbonyl (C=O) groups is 2. The van der Waals surface area contributed by atoms with Crippen molar-refractivity contribution in [2.75, 3.05) is 20.6 Å². The van der Waals surface area contributed by atoms with Crippen molar-refractivity contribution in [3.05, 3.63) is 94.3 Å². The van der Waals surface area contributed by atoms with Crippen LogP contribution in [0.5, 0.6) is 0 Å². The molecule has 0 spiro atoms. The predicted octanol–water partition coefficient (Wildman–Crippen LogP) is 4.02. The Hall–Kier alpha value is -3.18. The summed E-state index contributed by atoms with van der Waals surface area (Å²) in [5, 5.41) is 2.62. The number of amides is 1. The van der Waals surface area contributed by atoms with Gasteiger partial charge in [-0.25, -0.2) is 0 Å². The molecule has 3 rings (SSSR count). The Morgan fingerprint density at radius 1 is 0.968 bits per heavy atom. The van der Waals surface area contributed by atoms with Crippen molar-refractivity contribution >= 4 is 11.7 Å². The van der Waals surface area contributed by atoms with Gasteiger partial charge in [-0.2, -0.15) is 0 Å². The van der Waals surface area contributed by atoms with Gasteiger partial charge < -0.3 is 9.88 Å². The number of carbonyl (C=O) groups excluding carboxylic acids is 2. The molecule has 5 heteroatoms. The van der Waals surface area contributed by atoms with Crippen LogP contribution < -0.4 is 5.32 Å². The average molecular weight is 418 g/mol. The molecule has 0 unspecified atom stereocenters. The van der Waals surface area contributed by atoms with Gasteiger partial charge in [0.05, 0.1) is 6.54 Å². The SMILES string of the molecule is CNC(=O)c1ccc(CN(C)CC(=O)c2cc(C)n(CCc3ccccc3)c2C)cc1. The number of Topliss-reactive ketones (excluding diaryl/α,β-unsaturated/α-hetero) is 1. The molecule has 3 aromatic rings. The summed E-state index contributed by atoms with van der Waals surface area (Å²) in [6.07, 6.45) is 0.941.